The number of hydrogen-bond donors (Lipinski definition) is 0. The summed E-state index contributed by atoms with van der Waals surface area (Å²) in [6.45, 7) is 8.91. The Morgan fingerprint density at radius 3 is 2.30 bits per heavy atom. The molecule has 3 aromatic rings. The first-order chi connectivity index (χ1) is 14.4. The molecule has 1 amide bonds. The Bertz CT molecular complexity index is 937. The van der Waals surface area contributed by atoms with Gasteiger partial charge in [0.2, 0.25) is 0 Å². The lowest BCUT2D eigenvalue weighted by Gasteiger charge is -2.24. The number of nitrogens with zero attached hydrogens (tertiary/aromatic N) is 2. The van der Waals surface area contributed by atoms with Gasteiger partial charge < -0.3 is 14.2 Å². The molecule has 0 fully saturated rings. The van der Waals surface area contributed by atoms with Gasteiger partial charge in [0.25, 0.3) is 5.91 Å². The number of ether oxygens (including phenoxy) is 1. The van der Waals surface area contributed by atoms with Gasteiger partial charge in [-0.15, -0.1) is 0 Å². The van der Waals surface area contributed by atoms with Crippen LogP contribution in [0.3, 0.4) is 0 Å². The van der Waals surface area contributed by atoms with E-state index in [0.29, 0.717) is 25.3 Å². The van der Waals surface area contributed by atoms with E-state index in [0.717, 1.165) is 12.2 Å². The number of benzene rings is 2. The fourth-order valence-electron chi connectivity index (χ4n) is 3.47. The van der Waals surface area contributed by atoms with Crippen LogP contribution >= 0.6 is 0 Å². The zero-order valence-electron chi connectivity index (χ0n) is 18.5. The van der Waals surface area contributed by atoms with E-state index in [1.54, 1.807) is 7.11 Å². The summed E-state index contributed by atoms with van der Waals surface area (Å²) in [7, 11) is 1.67. The van der Waals surface area contributed by atoms with E-state index in [1.165, 1.54) is 11.1 Å². The maximum Gasteiger partial charge on any atom is 0.254 e. The average Bonchev–Trinajstić information content (AvgIpc) is 3.17. The number of carbonyl (C=O) groups is 1. The highest BCUT2D eigenvalue weighted by Crippen LogP contribution is 2.23. The lowest BCUT2D eigenvalue weighted by atomic mass is 9.86. The van der Waals surface area contributed by atoms with Gasteiger partial charge >= 0.3 is 0 Å². The first-order valence-electron chi connectivity index (χ1n) is 10.4. The number of aromatic nitrogens is 1. The first kappa shape index (κ1) is 21.8. The summed E-state index contributed by atoms with van der Waals surface area (Å²) in [5, 5.41) is 0. The summed E-state index contributed by atoms with van der Waals surface area (Å²) in [6.07, 6.45) is 2.07. The van der Waals surface area contributed by atoms with E-state index in [-0.39, 0.29) is 11.3 Å². The zero-order valence-corrected chi connectivity index (χ0v) is 18.5. The summed E-state index contributed by atoms with van der Waals surface area (Å²) in [4.78, 5) is 15.1. The molecular formula is C26H32N2O2. The number of methoxy groups -OCH3 is 1. The molecule has 1 heterocycles. The molecule has 0 atom stereocenters. The van der Waals surface area contributed by atoms with Crippen molar-refractivity contribution in [2.45, 2.75) is 39.3 Å². The van der Waals surface area contributed by atoms with E-state index in [1.807, 2.05) is 41.3 Å². The highest BCUT2D eigenvalue weighted by atomic mass is 16.5. The maximum absolute atomic E-state index is 13.3. The molecule has 3 rings (SSSR count). The zero-order chi connectivity index (χ0) is 21.6. The van der Waals surface area contributed by atoms with Crippen molar-refractivity contribution in [2.24, 2.45) is 0 Å². The van der Waals surface area contributed by atoms with Crippen LogP contribution in [0.4, 0.5) is 0 Å². The normalized spacial score (nSPS) is 11.5. The van der Waals surface area contributed by atoms with Gasteiger partial charge in [-0.05, 0) is 40.8 Å². The van der Waals surface area contributed by atoms with E-state index >= 15 is 0 Å². The molecule has 1 aromatic heterocycles. The molecule has 0 saturated heterocycles. The van der Waals surface area contributed by atoms with Crippen molar-refractivity contribution in [3.05, 3.63) is 95.3 Å². The molecule has 0 radical (unpaired) electrons. The van der Waals surface area contributed by atoms with Crippen molar-refractivity contribution in [3.63, 3.8) is 0 Å². The fourth-order valence-corrected chi connectivity index (χ4v) is 3.47. The molecule has 0 aliphatic heterocycles. The molecule has 0 unspecified atom stereocenters. The molecule has 0 aliphatic rings. The predicted molar refractivity (Wildman–Crippen MR) is 122 cm³/mol. The Morgan fingerprint density at radius 1 is 0.967 bits per heavy atom. The Hall–Kier alpha value is -2.85. The van der Waals surface area contributed by atoms with E-state index in [4.69, 9.17) is 4.74 Å². The molecule has 4 heteroatoms. The SMILES string of the molecule is COCCN(Cc1cccn1Cc1ccccc1)C(=O)c1ccc(C(C)(C)C)cc1. The number of rotatable bonds is 8. The third kappa shape index (κ3) is 5.61. The molecule has 30 heavy (non-hydrogen) atoms. The second-order valence-corrected chi connectivity index (χ2v) is 8.66. The molecule has 0 N–H and O–H groups in total. The Morgan fingerprint density at radius 2 is 1.67 bits per heavy atom. The van der Waals surface area contributed by atoms with E-state index < -0.39 is 0 Å². The van der Waals surface area contributed by atoms with Gasteiger partial charge in [0.15, 0.2) is 0 Å². The topological polar surface area (TPSA) is 34.5 Å². The van der Waals surface area contributed by atoms with Crippen LogP contribution in [0.5, 0.6) is 0 Å². The van der Waals surface area contributed by atoms with Crippen LogP contribution in [0, 0.1) is 0 Å². The third-order valence-corrected chi connectivity index (χ3v) is 5.32. The molecule has 2 aromatic carbocycles. The predicted octanol–water partition coefficient (Wildman–Crippen LogP) is 5.12. The summed E-state index contributed by atoms with van der Waals surface area (Å²) in [6, 6.07) is 22.5. The highest BCUT2D eigenvalue weighted by molar-refractivity contribution is 5.94. The van der Waals surface area contributed by atoms with Gasteiger partial charge in [-0.25, -0.2) is 0 Å². The molecule has 4 nitrogen and oxygen atoms in total. The molecular weight excluding hydrogens is 372 g/mol. The van der Waals surface area contributed by atoms with Crippen molar-refractivity contribution < 1.29 is 9.53 Å². The van der Waals surface area contributed by atoms with Gasteiger partial charge in [0.05, 0.1) is 13.2 Å². The minimum Gasteiger partial charge on any atom is -0.383 e. The van der Waals surface area contributed by atoms with Crippen LogP contribution in [0.15, 0.2) is 72.9 Å². The van der Waals surface area contributed by atoms with Gasteiger partial charge in [0.1, 0.15) is 0 Å². The molecule has 0 saturated carbocycles. The first-order valence-corrected chi connectivity index (χ1v) is 10.4. The van der Waals surface area contributed by atoms with Crippen molar-refractivity contribution in [1.82, 2.24) is 9.47 Å². The van der Waals surface area contributed by atoms with Crippen LogP contribution < -0.4 is 0 Å². The van der Waals surface area contributed by atoms with Crippen molar-refractivity contribution in [1.29, 1.82) is 0 Å². The molecule has 0 bridgehead atoms. The Balaban J connectivity index is 1.78. The smallest absolute Gasteiger partial charge is 0.254 e. The third-order valence-electron chi connectivity index (χ3n) is 5.32. The summed E-state index contributed by atoms with van der Waals surface area (Å²) < 4.78 is 7.47. The lowest BCUT2D eigenvalue weighted by molar-refractivity contribution is 0.0676. The minimum atomic E-state index is 0.0278. The maximum atomic E-state index is 13.3. The van der Waals surface area contributed by atoms with Crippen LogP contribution in [-0.2, 0) is 23.2 Å². The average molecular weight is 405 g/mol. The van der Waals surface area contributed by atoms with Crippen LogP contribution in [0.1, 0.15) is 48.0 Å². The number of hydrogen-bond acceptors (Lipinski definition) is 2. The summed E-state index contributed by atoms with van der Waals surface area (Å²) in [5.41, 5.74) is 4.34. The van der Waals surface area contributed by atoms with E-state index in [9.17, 15) is 4.79 Å². The standard InChI is InChI=1S/C26H32N2O2/c1-26(2,3)23-14-12-22(13-15-23)25(29)28(17-18-30-4)20-24-11-8-16-27(24)19-21-9-6-5-7-10-21/h5-16H,17-20H2,1-4H3. The van der Waals surface area contributed by atoms with Crippen molar-refractivity contribution >= 4 is 5.91 Å². The fraction of sp³-hybridized carbons (Fsp3) is 0.346. The largest absolute Gasteiger partial charge is 0.383 e. The summed E-state index contributed by atoms with van der Waals surface area (Å²) in [5.74, 6) is 0.0278. The molecule has 0 spiro atoms. The second kappa shape index (κ2) is 9.77. The van der Waals surface area contributed by atoms with Crippen LogP contribution in [-0.4, -0.2) is 35.6 Å². The van der Waals surface area contributed by atoms with E-state index in [2.05, 4.69) is 61.9 Å². The van der Waals surface area contributed by atoms with Gasteiger partial charge in [-0.2, -0.15) is 0 Å². The van der Waals surface area contributed by atoms with Gasteiger partial charge in [0, 0.05) is 37.7 Å². The minimum absolute atomic E-state index is 0.0278. The number of carbonyl (C=O) groups excluding carboxylic acids is 1. The lowest BCUT2D eigenvalue weighted by Crippen LogP contribution is -2.34. The number of amides is 1. The van der Waals surface area contributed by atoms with Crippen LogP contribution in [0.25, 0.3) is 0 Å². The Labute approximate surface area is 180 Å². The van der Waals surface area contributed by atoms with Crippen molar-refractivity contribution in [2.75, 3.05) is 20.3 Å². The van der Waals surface area contributed by atoms with Gasteiger partial charge in [-0.3, -0.25) is 4.79 Å². The summed E-state index contributed by atoms with van der Waals surface area (Å²) >= 11 is 0. The monoisotopic (exact) mass is 404 g/mol. The molecule has 158 valence electrons. The Kier molecular flexibility index (Phi) is 7.11. The quantitative estimate of drug-likeness (QED) is 0.522. The van der Waals surface area contributed by atoms with Crippen molar-refractivity contribution in [3.8, 4) is 0 Å². The highest BCUT2D eigenvalue weighted by Gasteiger charge is 2.19. The molecule has 0 aliphatic carbocycles. The van der Waals surface area contributed by atoms with Crippen LogP contribution in [0.2, 0.25) is 0 Å². The second-order valence-electron chi connectivity index (χ2n) is 8.66. The van der Waals surface area contributed by atoms with Gasteiger partial charge in [-0.1, -0.05) is 63.2 Å².